The molecular formula is C24H29N5O3S. The number of tetrazole rings is 1. The lowest BCUT2D eigenvalue weighted by Gasteiger charge is -2.37. The third kappa shape index (κ3) is 4.40. The molecular weight excluding hydrogens is 438 g/mol. The van der Waals surface area contributed by atoms with Gasteiger partial charge in [0.15, 0.2) is 11.5 Å². The highest BCUT2D eigenvalue weighted by molar-refractivity contribution is 7.71. The van der Waals surface area contributed by atoms with Crippen molar-refractivity contribution in [3.63, 3.8) is 0 Å². The van der Waals surface area contributed by atoms with Crippen molar-refractivity contribution in [3.8, 4) is 11.5 Å². The van der Waals surface area contributed by atoms with Crippen LogP contribution in [0.1, 0.15) is 35.6 Å². The summed E-state index contributed by atoms with van der Waals surface area (Å²) in [6.45, 7) is 2.88. The summed E-state index contributed by atoms with van der Waals surface area (Å²) in [4.78, 5) is 2.39. The van der Waals surface area contributed by atoms with Crippen LogP contribution in [0.2, 0.25) is 0 Å². The topological polar surface area (TPSA) is 66.6 Å². The van der Waals surface area contributed by atoms with Crippen LogP contribution in [-0.2, 0) is 24.4 Å². The Kier molecular flexibility index (Phi) is 6.43. The number of methoxy groups -OCH3 is 2. The number of benzene rings is 2. The molecule has 0 radical (unpaired) electrons. The molecule has 2 atom stereocenters. The first kappa shape index (κ1) is 22.1. The quantitative estimate of drug-likeness (QED) is 0.492. The number of nitrogens with zero attached hydrogens (tertiary/aromatic N) is 5. The van der Waals surface area contributed by atoms with Gasteiger partial charge in [-0.1, -0.05) is 30.3 Å². The van der Waals surface area contributed by atoms with Crippen LogP contribution >= 0.6 is 12.2 Å². The molecule has 0 spiro atoms. The van der Waals surface area contributed by atoms with E-state index in [2.05, 4.69) is 51.7 Å². The van der Waals surface area contributed by atoms with Gasteiger partial charge in [0, 0.05) is 13.2 Å². The summed E-state index contributed by atoms with van der Waals surface area (Å²) in [7, 11) is 3.35. The number of hydrogen-bond acceptors (Lipinski definition) is 7. The maximum Gasteiger partial charge on any atom is 0.217 e. The Morgan fingerprint density at radius 1 is 1.06 bits per heavy atom. The first-order chi connectivity index (χ1) is 16.2. The Hall–Kier alpha value is -2.75. The van der Waals surface area contributed by atoms with E-state index in [1.54, 1.807) is 18.9 Å². The van der Waals surface area contributed by atoms with Gasteiger partial charge in [0.2, 0.25) is 4.77 Å². The van der Waals surface area contributed by atoms with Crippen LogP contribution in [0.4, 0.5) is 0 Å². The monoisotopic (exact) mass is 467 g/mol. The van der Waals surface area contributed by atoms with Gasteiger partial charge in [-0.05, 0) is 70.7 Å². The molecule has 174 valence electrons. The molecule has 3 heterocycles. The molecule has 2 aromatic carbocycles. The summed E-state index contributed by atoms with van der Waals surface area (Å²) in [6, 6.07) is 14.8. The zero-order valence-electron chi connectivity index (χ0n) is 19.0. The average Bonchev–Trinajstić information content (AvgIpc) is 3.49. The van der Waals surface area contributed by atoms with E-state index >= 15 is 0 Å². The summed E-state index contributed by atoms with van der Waals surface area (Å²) < 4.78 is 21.1. The van der Waals surface area contributed by atoms with Gasteiger partial charge in [0.25, 0.3) is 0 Å². The Labute approximate surface area is 198 Å². The van der Waals surface area contributed by atoms with E-state index in [0.717, 1.165) is 43.9 Å². The Balaban J connectivity index is 1.48. The standard InChI is InChI=1S/C24H29N5O3S/c1-30-21-13-18-10-11-27(16-29-24(33)28(25-26-29)15-19-9-6-12-32-19)23(17-7-4-3-5-8-17)20(18)14-22(21)31-2/h3-5,7-8,13-14,19,23H,6,9-12,15-16H2,1-2H3. The van der Waals surface area contributed by atoms with Crippen molar-refractivity contribution in [1.29, 1.82) is 0 Å². The van der Waals surface area contributed by atoms with Crippen LogP contribution in [0, 0.1) is 4.77 Å². The van der Waals surface area contributed by atoms with Crippen molar-refractivity contribution in [1.82, 2.24) is 24.7 Å². The SMILES string of the molecule is COc1cc2c(cc1OC)C(c1ccccc1)N(Cn1nnn(CC3CCCO3)c1=S)CC2. The zero-order chi connectivity index (χ0) is 22.8. The Morgan fingerprint density at radius 2 is 1.82 bits per heavy atom. The van der Waals surface area contributed by atoms with E-state index < -0.39 is 0 Å². The fourth-order valence-electron chi connectivity index (χ4n) is 4.84. The highest BCUT2D eigenvalue weighted by atomic mass is 32.1. The molecule has 0 amide bonds. The molecule has 2 aliphatic rings. The molecule has 2 unspecified atom stereocenters. The molecule has 2 aliphatic heterocycles. The second-order valence-corrected chi connectivity index (χ2v) is 8.87. The molecule has 0 aliphatic carbocycles. The summed E-state index contributed by atoms with van der Waals surface area (Å²) in [5.41, 5.74) is 3.69. The molecule has 0 bridgehead atoms. The van der Waals surface area contributed by atoms with E-state index in [1.807, 2.05) is 10.7 Å². The third-order valence-corrected chi connectivity index (χ3v) is 6.92. The second kappa shape index (κ2) is 9.62. The number of rotatable bonds is 7. The van der Waals surface area contributed by atoms with E-state index in [4.69, 9.17) is 26.4 Å². The summed E-state index contributed by atoms with van der Waals surface area (Å²) in [5, 5.41) is 8.70. The first-order valence-corrected chi connectivity index (χ1v) is 11.7. The van der Waals surface area contributed by atoms with Crippen LogP contribution in [0.3, 0.4) is 0 Å². The van der Waals surface area contributed by atoms with E-state index in [9.17, 15) is 0 Å². The van der Waals surface area contributed by atoms with Crippen LogP contribution in [0.5, 0.6) is 11.5 Å². The number of hydrogen-bond donors (Lipinski definition) is 0. The van der Waals surface area contributed by atoms with Gasteiger partial charge in [0.05, 0.1) is 39.6 Å². The predicted molar refractivity (Wildman–Crippen MR) is 126 cm³/mol. The van der Waals surface area contributed by atoms with Crippen molar-refractivity contribution >= 4 is 12.2 Å². The third-order valence-electron chi connectivity index (χ3n) is 6.50. The molecule has 1 fully saturated rings. The van der Waals surface area contributed by atoms with Gasteiger partial charge in [-0.2, -0.15) is 0 Å². The molecule has 33 heavy (non-hydrogen) atoms. The van der Waals surface area contributed by atoms with Crippen molar-refractivity contribution in [2.75, 3.05) is 27.4 Å². The maximum absolute atomic E-state index is 5.75. The van der Waals surface area contributed by atoms with Gasteiger partial charge in [0.1, 0.15) is 0 Å². The minimum absolute atomic E-state index is 0.0416. The number of aromatic nitrogens is 4. The molecule has 0 saturated carbocycles. The van der Waals surface area contributed by atoms with Crippen LogP contribution in [-0.4, -0.2) is 58.2 Å². The van der Waals surface area contributed by atoms with Crippen LogP contribution < -0.4 is 9.47 Å². The first-order valence-electron chi connectivity index (χ1n) is 11.3. The van der Waals surface area contributed by atoms with Crippen molar-refractivity contribution in [2.24, 2.45) is 0 Å². The largest absolute Gasteiger partial charge is 0.493 e. The summed E-state index contributed by atoms with van der Waals surface area (Å²) in [5.74, 6) is 1.49. The van der Waals surface area contributed by atoms with Gasteiger partial charge in [-0.3, -0.25) is 4.90 Å². The van der Waals surface area contributed by atoms with Gasteiger partial charge in [-0.25, -0.2) is 9.36 Å². The fraction of sp³-hybridized carbons (Fsp3) is 0.458. The zero-order valence-corrected chi connectivity index (χ0v) is 19.8. The minimum atomic E-state index is 0.0416. The van der Waals surface area contributed by atoms with Crippen molar-refractivity contribution in [2.45, 2.75) is 44.6 Å². The fourth-order valence-corrected chi connectivity index (χ4v) is 5.04. The van der Waals surface area contributed by atoms with Crippen LogP contribution in [0.15, 0.2) is 42.5 Å². The average molecular weight is 468 g/mol. The van der Waals surface area contributed by atoms with Crippen molar-refractivity contribution in [3.05, 3.63) is 63.9 Å². The molecule has 3 aromatic rings. The van der Waals surface area contributed by atoms with Gasteiger partial charge in [-0.15, -0.1) is 0 Å². The molecule has 1 saturated heterocycles. The summed E-state index contributed by atoms with van der Waals surface area (Å²) in [6.07, 6.45) is 3.20. The minimum Gasteiger partial charge on any atom is -0.493 e. The molecule has 0 N–H and O–H groups in total. The molecule has 1 aromatic heterocycles. The summed E-state index contributed by atoms with van der Waals surface area (Å²) >= 11 is 5.72. The lowest BCUT2D eigenvalue weighted by molar-refractivity contribution is 0.0929. The Morgan fingerprint density at radius 3 is 2.55 bits per heavy atom. The number of fused-ring (bicyclic) bond motifs is 1. The molecule has 5 rings (SSSR count). The van der Waals surface area contributed by atoms with E-state index in [0.29, 0.717) is 18.0 Å². The molecule has 9 heteroatoms. The second-order valence-electron chi connectivity index (χ2n) is 8.50. The normalized spacial score (nSPS) is 20.5. The lowest BCUT2D eigenvalue weighted by Crippen LogP contribution is -2.38. The highest BCUT2D eigenvalue weighted by Gasteiger charge is 2.31. The van der Waals surface area contributed by atoms with Crippen LogP contribution in [0.25, 0.3) is 0 Å². The molecule has 8 nitrogen and oxygen atoms in total. The predicted octanol–water partition coefficient (Wildman–Crippen LogP) is 3.61. The number of ether oxygens (including phenoxy) is 3. The highest BCUT2D eigenvalue weighted by Crippen LogP contribution is 2.41. The maximum atomic E-state index is 5.75. The lowest BCUT2D eigenvalue weighted by atomic mass is 9.88. The van der Waals surface area contributed by atoms with Gasteiger partial charge < -0.3 is 14.2 Å². The van der Waals surface area contributed by atoms with E-state index in [-0.39, 0.29) is 12.1 Å². The smallest absolute Gasteiger partial charge is 0.217 e. The van der Waals surface area contributed by atoms with Gasteiger partial charge >= 0.3 is 0 Å². The van der Waals surface area contributed by atoms with E-state index in [1.165, 1.54) is 16.7 Å². The Bertz CT molecular complexity index is 1160. The van der Waals surface area contributed by atoms with Crippen molar-refractivity contribution < 1.29 is 14.2 Å².